The van der Waals surface area contributed by atoms with Gasteiger partial charge in [0.1, 0.15) is 0 Å². The largest absolute Gasteiger partial charge is 0.348 e. The van der Waals surface area contributed by atoms with Gasteiger partial charge in [-0.05, 0) is 24.7 Å². The van der Waals surface area contributed by atoms with Gasteiger partial charge in [-0.2, -0.15) is 0 Å². The van der Waals surface area contributed by atoms with Crippen molar-refractivity contribution in [1.29, 1.82) is 0 Å². The van der Waals surface area contributed by atoms with Crippen LogP contribution in [0.1, 0.15) is 46.2 Å². The van der Waals surface area contributed by atoms with E-state index in [2.05, 4.69) is 43.0 Å². The lowest BCUT2D eigenvalue weighted by molar-refractivity contribution is 0.534. The van der Waals surface area contributed by atoms with Gasteiger partial charge in [-0.25, -0.2) is 4.98 Å². The van der Waals surface area contributed by atoms with Crippen molar-refractivity contribution >= 4 is 28.1 Å². The van der Waals surface area contributed by atoms with E-state index in [0.29, 0.717) is 5.88 Å². The third-order valence-corrected chi connectivity index (χ3v) is 4.12. The van der Waals surface area contributed by atoms with Gasteiger partial charge < -0.3 is 4.90 Å². The lowest BCUT2D eigenvalue weighted by atomic mass is 10.1. The third kappa shape index (κ3) is 5.57. The van der Waals surface area contributed by atoms with Crippen LogP contribution in [0.25, 0.3) is 0 Å². The summed E-state index contributed by atoms with van der Waals surface area (Å²) >= 11 is 7.54. The van der Waals surface area contributed by atoms with E-state index < -0.39 is 0 Å². The zero-order valence-corrected chi connectivity index (χ0v) is 13.5. The monoisotopic (exact) mass is 288 g/mol. The number of hydrogen-bond acceptors (Lipinski definition) is 3. The highest BCUT2D eigenvalue weighted by Gasteiger charge is 2.12. The number of alkyl halides is 1. The van der Waals surface area contributed by atoms with Gasteiger partial charge in [-0.15, -0.1) is 22.9 Å². The van der Waals surface area contributed by atoms with Crippen LogP contribution in [0.4, 0.5) is 5.13 Å². The molecule has 1 rings (SSSR count). The normalized spacial score (nSPS) is 11.5. The van der Waals surface area contributed by atoms with E-state index in [1.54, 1.807) is 11.3 Å². The van der Waals surface area contributed by atoms with Crippen molar-refractivity contribution in [2.75, 3.05) is 18.0 Å². The summed E-state index contributed by atoms with van der Waals surface area (Å²) in [7, 11) is 0. The van der Waals surface area contributed by atoms with E-state index in [-0.39, 0.29) is 0 Å². The number of hydrogen-bond donors (Lipinski definition) is 0. The fraction of sp³-hybridized carbons (Fsp3) is 0.786. The standard InChI is InChI=1S/C14H25ClN2S/c1-11(2)5-7-17(8-6-12(3)4)14-16-13(9-15)10-18-14/h10-12H,5-9H2,1-4H3. The first kappa shape index (κ1) is 15.8. The number of halogens is 1. The van der Waals surface area contributed by atoms with Gasteiger partial charge in [0.15, 0.2) is 5.13 Å². The molecular formula is C14H25ClN2S. The van der Waals surface area contributed by atoms with Crippen molar-refractivity contribution in [3.05, 3.63) is 11.1 Å². The third-order valence-electron chi connectivity index (χ3n) is 2.90. The molecular weight excluding hydrogens is 264 g/mol. The Hall–Kier alpha value is -0.280. The van der Waals surface area contributed by atoms with Crippen LogP contribution in [0.3, 0.4) is 0 Å². The molecule has 1 heterocycles. The second-order valence-corrected chi connectivity index (χ2v) is 6.71. The molecule has 18 heavy (non-hydrogen) atoms. The first-order chi connectivity index (χ1) is 8.52. The number of aromatic nitrogens is 1. The molecule has 0 spiro atoms. The van der Waals surface area contributed by atoms with Crippen LogP contribution in [0.5, 0.6) is 0 Å². The lowest BCUT2D eigenvalue weighted by Gasteiger charge is -2.23. The summed E-state index contributed by atoms with van der Waals surface area (Å²) in [5.74, 6) is 1.98. The van der Waals surface area contributed by atoms with Gasteiger partial charge in [0.2, 0.25) is 0 Å². The Bertz CT molecular complexity index is 324. The van der Waals surface area contributed by atoms with Crippen LogP contribution < -0.4 is 4.90 Å². The van der Waals surface area contributed by atoms with Crippen molar-refractivity contribution in [3.8, 4) is 0 Å². The maximum absolute atomic E-state index is 5.83. The summed E-state index contributed by atoms with van der Waals surface area (Å²) in [6.07, 6.45) is 2.43. The molecule has 0 amide bonds. The van der Waals surface area contributed by atoms with E-state index in [1.807, 2.05) is 0 Å². The molecule has 0 radical (unpaired) electrons. The topological polar surface area (TPSA) is 16.1 Å². The Kier molecular flexibility index (Phi) is 7.02. The minimum absolute atomic E-state index is 0.513. The van der Waals surface area contributed by atoms with Crippen LogP contribution in [0.15, 0.2) is 5.38 Å². The van der Waals surface area contributed by atoms with Crippen molar-refractivity contribution in [1.82, 2.24) is 4.98 Å². The highest BCUT2D eigenvalue weighted by Crippen LogP contribution is 2.23. The smallest absolute Gasteiger partial charge is 0.185 e. The zero-order chi connectivity index (χ0) is 13.5. The number of rotatable bonds is 8. The maximum Gasteiger partial charge on any atom is 0.185 e. The Morgan fingerprint density at radius 2 is 1.72 bits per heavy atom. The molecule has 104 valence electrons. The molecule has 0 N–H and O–H groups in total. The van der Waals surface area contributed by atoms with Crippen LogP contribution in [-0.2, 0) is 5.88 Å². The summed E-state index contributed by atoms with van der Waals surface area (Å²) in [4.78, 5) is 7.01. The van der Waals surface area contributed by atoms with Gasteiger partial charge in [-0.1, -0.05) is 27.7 Å². The van der Waals surface area contributed by atoms with Gasteiger partial charge in [0, 0.05) is 18.5 Å². The average Bonchev–Trinajstić information content (AvgIpc) is 2.77. The molecule has 0 aromatic carbocycles. The number of thiazole rings is 1. The molecule has 0 unspecified atom stereocenters. The van der Waals surface area contributed by atoms with Gasteiger partial charge in [0.05, 0.1) is 11.6 Å². The van der Waals surface area contributed by atoms with Gasteiger partial charge in [0.25, 0.3) is 0 Å². The van der Waals surface area contributed by atoms with Gasteiger partial charge in [-0.3, -0.25) is 0 Å². The molecule has 1 aromatic heterocycles. The molecule has 4 heteroatoms. The minimum atomic E-state index is 0.513. The number of anilines is 1. The second kappa shape index (κ2) is 8.00. The van der Waals surface area contributed by atoms with Crippen LogP contribution in [0, 0.1) is 11.8 Å². The van der Waals surface area contributed by atoms with E-state index in [9.17, 15) is 0 Å². The van der Waals surface area contributed by atoms with E-state index in [1.165, 1.54) is 12.8 Å². The molecule has 0 fully saturated rings. The number of nitrogens with zero attached hydrogens (tertiary/aromatic N) is 2. The first-order valence-corrected chi connectivity index (χ1v) is 8.19. The average molecular weight is 289 g/mol. The molecule has 2 nitrogen and oxygen atoms in total. The molecule has 0 atom stereocenters. The Morgan fingerprint density at radius 1 is 1.17 bits per heavy atom. The zero-order valence-electron chi connectivity index (χ0n) is 11.9. The first-order valence-electron chi connectivity index (χ1n) is 6.78. The van der Waals surface area contributed by atoms with E-state index >= 15 is 0 Å². The van der Waals surface area contributed by atoms with Crippen molar-refractivity contribution in [3.63, 3.8) is 0 Å². The predicted molar refractivity (Wildman–Crippen MR) is 82.8 cm³/mol. The van der Waals surface area contributed by atoms with Crippen LogP contribution in [-0.4, -0.2) is 18.1 Å². The molecule has 1 aromatic rings. The van der Waals surface area contributed by atoms with Crippen molar-refractivity contribution in [2.45, 2.75) is 46.4 Å². The molecule has 0 aliphatic carbocycles. The van der Waals surface area contributed by atoms with E-state index in [4.69, 9.17) is 11.6 Å². The Balaban J connectivity index is 2.62. The summed E-state index contributed by atoms with van der Waals surface area (Å²) in [5, 5.41) is 3.20. The summed E-state index contributed by atoms with van der Waals surface area (Å²) < 4.78 is 0. The molecule has 0 aliphatic rings. The SMILES string of the molecule is CC(C)CCN(CCC(C)C)c1nc(CCl)cs1. The fourth-order valence-corrected chi connectivity index (χ4v) is 2.74. The Morgan fingerprint density at radius 3 is 2.11 bits per heavy atom. The fourth-order valence-electron chi connectivity index (χ4n) is 1.63. The second-order valence-electron chi connectivity index (χ2n) is 5.61. The van der Waals surface area contributed by atoms with Crippen molar-refractivity contribution in [2.24, 2.45) is 11.8 Å². The molecule has 0 bridgehead atoms. The molecule has 0 aliphatic heterocycles. The highest BCUT2D eigenvalue weighted by atomic mass is 35.5. The molecule has 0 saturated heterocycles. The van der Waals surface area contributed by atoms with Crippen molar-refractivity contribution < 1.29 is 0 Å². The summed E-state index contributed by atoms with van der Waals surface area (Å²) in [5.41, 5.74) is 0.996. The maximum atomic E-state index is 5.83. The summed E-state index contributed by atoms with van der Waals surface area (Å²) in [6.45, 7) is 11.3. The quantitative estimate of drug-likeness (QED) is 0.640. The molecule has 0 saturated carbocycles. The minimum Gasteiger partial charge on any atom is -0.348 e. The highest BCUT2D eigenvalue weighted by molar-refractivity contribution is 7.13. The summed E-state index contributed by atoms with van der Waals surface area (Å²) in [6, 6.07) is 0. The lowest BCUT2D eigenvalue weighted by Crippen LogP contribution is -2.27. The Labute approximate surface area is 120 Å². The van der Waals surface area contributed by atoms with Crippen LogP contribution in [0.2, 0.25) is 0 Å². The van der Waals surface area contributed by atoms with Gasteiger partial charge >= 0.3 is 0 Å². The van der Waals surface area contributed by atoms with Crippen LogP contribution >= 0.6 is 22.9 Å². The van der Waals surface area contributed by atoms with E-state index in [0.717, 1.165) is 35.8 Å². The predicted octanol–water partition coefficient (Wildman–Crippen LogP) is 4.78.